The summed E-state index contributed by atoms with van der Waals surface area (Å²) in [5.41, 5.74) is 4.11. The van der Waals surface area contributed by atoms with Crippen molar-refractivity contribution in [1.29, 1.82) is 0 Å². The Bertz CT molecular complexity index is 1070. The molecule has 3 rings (SSSR count). The number of hydroxylamine groups is 1. The number of aromatic hydroxyl groups is 1. The van der Waals surface area contributed by atoms with Crippen LogP contribution < -0.4 is 10.8 Å². The van der Waals surface area contributed by atoms with Crippen LogP contribution in [0.15, 0.2) is 42.5 Å². The van der Waals surface area contributed by atoms with Crippen molar-refractivity contribution >= 4 is 17.9 Å². The summed E-state index contributed by atoms with van der Waals surface area (Å²) >= 11 is 0. The number of amides is 3. The minimum atomic E-state index is -0.590. The summed E-state index contributed by atoms with van der Waals surface area (Å²) in [5, 5.41) is 12.9. The van der Waals surface area contributed by atoms with Gasteiger partial charge in [0, 0.05) is 25.2 Å². The fourth-order valence-electron chi connectivity index (χ4n) is 4.05. The van der Waals surface area contributed by atoms with Gasteiger partial charge in [-0.2, -0.15) is 0 Å². The van der Waals surface area contributed by atoms with Crippen molar-refractivity contribution in [3.63, 3.8) is 0 Å². The minimum Gasteiger partial charge on any atom is -0.507 e. The molecule has 2 aromatic rings. The van der Waals surface area contributed by atoms with Crippen LogP contribution in [0.2, 0.25) is 0 Å². The average molecular weight is 484 g/mol. The Morgan fingerprint density at radius 2 is 1.80 bits per heavy atom. The zero-order chi connectivity index (χ0) is 25.6. The molecule has 0 unspecified atom stereocenters. The molecule has 1 fully saturated rings. The summed E-state index contributed by atoms with van der Waals surface area (Å²) in [5.74, 6) is -0.757. The highest BCUT2D eigenvalue weighted by Gasteiger charge is 2.26. The van der Waals surface area contributed by atoms with Crippen molar-refractivity contribution < 1.29 is 29.1 Å². The van der Waals surface area contributed by atoms with E-state index in [1.807, 2.05) is 32.9 Å². The van der Waals surface area contributed by atoms with E-state index in [1.54, 1.807) is 4.90 Å². The van der Waals surface area contributed by atoms with E-state index in [-0.39, 0.29) is 17.2 Å². The number of ether oxygens (including phenoxy) is 1. The fourth-order valence-corrected chi connectivity index (χ4v) is 4.05. The molecule has 0 radical (unpaired) electrons. The number of phenols is 1. The van der Waals surface area contributed by atoms with Gasteiger partial charge in [-0.25, -0.2) is 10.3 Å². The van der Waals surface area contributed by atoms with Gasteiger partial charge in [-0.3, -0.25) is 14.4 Å². The fraction of sp³-hybridized carbons (Fsp3) is 0.423. The van der Waals surface area contributed by atoms with Gasteiger partial charge in [0.05, 0.1) is 12.7 Å². The number of benzene rings is 2. The zero-order valence-electron chi connectivity index (χ0n) is 20.6. The van der Waals surface area contributed by atoms with Crippen LogP contribution in [0.1, 0.15) is 71.4 Å². The Labute approximate surface area is 205 Å². The second kappa shape index (κ2) is 11.2. The molecule has 0 spiro atoms. The molecular formula is C26H33N3O6. The van der Waals surface area contributed by atoms with Gasteiger partial charge in [0.2, 0.25) is 0 Å². The number of hydrogen-bond donors (Lipinski definition) is 3. The number of hydrogen-bond acceptors (Lipinski definition) is 6. The molecule has 0 atom stereocenters. The standard InChI is InChI=1S/C26H33N3O6/c1-26(2,3)35-25(33)27-16-17-6-5-7-19(14-17)18-10-12-29(13-11-18)24(32)20-8-9-21(22(30)15-20)23(31)28-34-4/h5-9,14-15,18,30H,10-13,16H2,1-4H3,(H,27,33)(H,28,31). The average Bonchev–Trinajstić information content (AvgIpc) is 2.81. The summed E-state index contributed by atoms with van der Waals surface area (Å²) in [4.78, 5) is 43.1. The summed E-state index contributed by atoms with van der Waals surface area (Å²) < 4.78 is 5.28. The van der Waals surface area contributed by atoms with E-state index < -0.39 is 17.6 Å². The maximum atomic E-state index is 12.9. The van der Waals surface area contributed by atoms with Crippen molar-refractivity contribution in [1.82, 2.24) is 15.7 Å². The van der Waals surface area contributed by atoms with E-state index in [0.717, 1.165) is 18.4 Å². The molecule has 3 N–H and O–H groups in total. The van der Waals surface area contributed by atoms with E-state index in [1.165, 1.54) is 30.9 Å². The van der Waals surface area contributed by atoms with Crippen LogP contribution in [0.4, 0.5) is 4.79 Å². The minimum absolute atomic E-state index is 0.0307. The van der Waals surface area contributed by atoms with Crippen LogP contribution in [0.5, 0.6) is 5.75 Å². The van der Waals surface area contributed by atoms with E-state index in [0.29, 0.717) is 31.1 Å². The predicted octanol–water partition coefficient (Wildman–Crippen LogP) is 3.73. The molecule has 1 saturated heterocycles. The first kappa shape index (κ1) is 26.0. The maximum Gasteiger partial charge on any atom is 0.407 e. The molecule has 0 bridgehead atoms. The number of phenolic OH excluding ortho intramolecular Hbond substituents is 1. The Balaban J connectivity index is 1.56. The predicted molar refractivity (Wildman–Crippen MR) is 130 cm³/mol. The smallest absolute Gasteiger partial charge is 0.407 e. The first-order valence-corrected chi connectivity index (χ1v) is 11.6. The van der Waals surface area contributed by atoms with Crippen molar-refractivity contribution in [2.45, 2.75) is 51.7 Å². The Hall–Kier alpha value is -3.59. The highest BCUT2D eigenvalue weighted by Crippen LogP contribution is 2.30. The maximum absolute atomic E-state index is 12.9. The number of alkyl carbamates (subject to hydrolysis) is 1. The molecule has 35 heavy (non-hydrogen) atoms. The molecule has 1 aliphatic heterocycles. The number of likely N-dealkylation sites (tertiary alicyclic amines) is 1. The Morgan fingerprint density at radius 1 is 1.09 bits per heavy atom. The van der Waals surface area contributed by atoms with Gasteiger partial charge in [-0.15, -0.1) is 0 Å². The molecule has 0 aromatic heterocycles. The molecule has 9 nitrogen and oxygen atoms in total. The molecule has 9 heteroatoms. The Kier molecular flexibility index (Phi) is 8.34. The quantitative estimate of drug-likeness (QED) is 0.539. The monoisotopic (exact) mass is 483 g/mol. The lowest BCUT2D eigenvalue weighted by molar-refractivity contribution is 0.0520. The number of carbonyl (C=O) groups excluding carboxylic acids is 3. The van der Waals surface area contributed by atoms with Crippen molar-refractivity contribution in [2.75, 3.05) is 20.2 Å². The number of carbonyl (C=O) groups is 3. The second-order valence-corrected chi connectivity index (χ2v) is 9.53. The van der Waals surface area contributed by atoms with Crippen LogP contribution >= 0.6 is 0 Å². The number of piperidine rings is 1. The Morgan fingerprint density at radius 3 is 2.43 bits per heavy atom. The highest BCUT2D eigenvalue weighted by molar-refractivity contribution is 5.99. The third-order valence-corrected chi connectivity index (χ3v) is 5.72. The van der Waals surface area contributed by atoms with E-state index in [4.69, 9.17) is 4.74 Å². The zero-order valence-corrected chi connectivity index (χ0v) is 20.6. The van der Waals surface area contributed by atoms with Crippen LogP contribution in [0.3, 0.4) is 0 Å². The number of rotatable bonds is 6. The number of nitrogens with one attached hydrogen (secondary N) is 2. The normalized spacial score (nSPS) is 14.3. The van der Waals surface area contributed by atoms with Crippen molar-refractivity contribution in [3.8, 4) is 5.75 Å². The van der Waals surface area contributed by atoms with Crippen LogP contribution in [-0.2, 0) is 16.1 Å². The summed E-state index contributed by atoms with van der Waals surface area (Å²) in [7, 11) is 1.30. The highest BCUT2D eigenvalue weighted by atomic mass is 16.6. The molecule has 0 saturated carbocycles. The molecule has 188 valence electrons. The lowest BCUT2D eigenvalue weighted by Crippen LogP contribution is -2.38. The summed E-state index contributed by atoms with van der Waals surface area (Å²) in [6, 6.07) is 12.3. The van der Waals surface area contributed by atoms with Gasteiger partial charge in [0.1, 0.15) is 11.4 Å². The van der Waals surface area contributed by atoms with E-state index >= 15 is 0 Å². The van der Waals surface area contributed by atoms with Crippen LogP contribution in [0, 0.1) is 0 Å². The first-order valence-electron chi connectivity index (χ1n) is 11.6. The molecule has 2 aromatic carbocycles. The molecule has 0 aliphatic carbocycles. The van der Waals surface area contributed by atoms with Crippen molar-refractivity contribution in [2.24, 2.45) is 0 Å². The lowest BCUT2D eigenvalue weighted by Gasteiger charge is -2.32. The van der Waals surface area contributed by atoms with E-state index in [2.05, 4.69) is 27.8 Å². The van der Waals surface area contributed by atoms with Gasteiger partial charge in [-0.05, 0) is 68.9 Å². The summed E-state index contributed by atoms with van der Waals surface area (Å²) in [6.45, 7) is 7.01. The molecule has 1 aliphatic rings. The van der Waals surface area contributed by atoms with Gasteiger partial charge in [0.25, 0.3) is 11.8 Å². The third-order valence-electron chi connectivity index (χ3n) is 5.72. The van der Waals surface area contributed by atoms with Gasteiger partial charge >= 0.3 is 6.09 Å². The molecular weight excluding hydrogens is 450 g/mol. The third kappa shape index (κ3) is 7.19. The topological polar surface area (TPSA) is 117 Å². The van der Waals surface area contributed by atoms with Gasteiger partial charge in [0.15, 0.2) is 0 Å². The van der Waals surface area contributed by atoms with Crippen molar-refractivity contribution in [3.05, 3.63) is 64.7 Å². The largest absolute Gasteiger partial charge is 0.507 e. The second-order valence-electron chi connectivity index (χ2n) is 9.53. The number of nitrogens with zero attached hydrogens (tertiary/aromatic N) is 1. The molecule has 1 heterocycles. The van der Waals surface area contributed by atoms with Gasteiger partial charge in [-0.1, -0.05) is 24.3 Å². The first-order chi connectivity index (χ1) is 16.6. The van der Waals surface area contributed by atoms with Crippen LogP contribution in [-0.4, -0.2) is 53.7 Å². The lowest BCUT2D eigenvalue weighted by atomic mass is 9.88. The SMILES string of the molecule is CONC(=O)c1ccc(C(=O)N2CCC(c3cccc(CNC(=O)OC(C)(C)C)c3)CC2)cc1O. The van der Waals surface area contributed by atoms with Crippen LogP contribution in [0.25, 0.3) is 0 Å². The van der Waals surface area contributed by atoms with E-state index in [9.17, 15) is 19.5 Å². The molecule has 3 amide bonds. The van der Waals surface area contributed by atoms with Gasteiger partial charge < -0.3 is 20.1 Å². The summed E-state index contributed by atoms with van der Waals surface area (Å²) in [6.07, 6.45) is 1.15.